The van der Waals surface area contributed by atoms with Crippen molar-refractivity contribution < 1.29 is 14.1 Å². The molecular weight excluding hydrogens is 356 g/mol. The van der Waals surface area contributed by atoms with Gasteiger partial charge in [-0.05, 0) is 38.8 Å². The molecule has 28 heavy (non-hydrogen) atoms. The third kappa shape index (κ3) is 3.78. The molecule has 3 aromatic rings. The largest absolute Gasteiger partial charge is 0.486 e. The van der Waals surface area contributed by atoms with Crippen molar-refractivity contribution in [3.05, 3.63) is 64.8 Å². The molecule has 4 rings (SSSR count). The van der Waals surface area contributed by atoms with E-state index in [2.05, 4.69) is 10.3 Å². The van der Waals surface area contributed by atoms with Crippen LogP contribution in [-0.2, 0) is 20.2 Å². The summed E-state index contributed by atoms with van der Waals surface area (Å²) in [5.41, 5.74) is 3.44. The molecule has 0 spiro atoms. The highest BCUT2D eigenvalue weighted by molar-refractivity contribution is 5.92. The van der Waals surface area contributed by atoms with E-state index in [4.69, 9.17) is 9.26 Å². The predicted octanol–water partition coefficient (Wildman–Crippen LogP) is 3.41. The normalized spacial score (nSPS) is 13.5. The number of carbonyl (C=O) groups excluding carboxylic acids is 1. The number of aryl methyl sites for hydroxylation is 2. The summed E-state index contributed by atoms with van der Waals surface area (Å²) in [6.07, 6.45) is 2.04. The van der Waals surface area contributed by atoms with E-state index in [1.54, 1.807) is 6.07 Å². The maximum Gasteiger partial charge on any atom is 0.276 e. The highest BCUT2D eigenvalue weighted by atomic mass is 16.5. The number of amides is 1. The van der Waals surface area contributed by atoms with Gasteiger partial charge in [-0.25, -0.2) is 0 Å². The molecule has 7 nitrogen and oxygen atoms in total. The lowest BCUT2D eigenvalue weighted by Crippen LogP contribution is -2.33. The van der Waals surface area contributed by atoms with Crippen molar-refractivity contribution in [1.29, 1.82) is 0 Å². The first-order valence-corrected chi connectivity index (χ1v) is 9.46. The zero-order valence-corrected chi connectivity index (χ0v) is 16.4. The van der Waals surface area contributed by atoms with Crippen LogP contribution in [0.1, 0.15) is 46.0 Å². The second-order valence-corrected chi connectivity index (χ2v) is 7.22. The molecule has 1 aromatic carbocycles. The van der Waals surface area contributed by atoms with Crippen LogP contribution in [0.25, 0.3) is 0 Å². The first-order valence-electron chi connectivity index (χ1n) is 9.46. The SMILES string of the molecule is Cc1nn(C)c(C)c1CN(C(=O)c1cc(COc2ccccc2)on1)C1CC1. The molecular formula is C21H24N4O3. The first kappa shape index (κ1) is 18.3. The van der Waals surface area contributed by atoms with Crippen molar-refractivity contribution in [2.45, 2.75) is 45.9 Å². The minimum atomic E-state index is -0.111. The Labute approximate surface area is 163 Å². The fraction of sp³-hybridized carbons (Fsp3) is 0.381. The van der Waals surface area contributed by atoms with Crippen LogP contribution < -0.4 is 4.74 Å². The number of hydrogen-bond acceptors (Lipinski definition) is 5. The van der Waals surface area contributed by atoms with Gasteiger partial charge in [0.25, 0.3) is 5.91 Å². The third-order valence-corrected chi connectivity index (χ3v) is 5.14. The van der Waals surface area contributed by atoms with Crippen molar-refractivity contribution in [3.63, 3.8) is 0 Å². The third-order valence-electron chi connectivity index (χ3n) is 5.14. The van der Waals surface area contributed by atoms with Gasteiger partial charge in [-0.3, -0.25) is 9.48 Å². The molecule has 0 N–H and O–H groups in total. The lowest BCUT2D eigenvalue weighted by atomic mass is 10.1. The lowest BCUT2D eigenvalue weighted by molar-refractivity contribution is 0.0718. The molecule has 146 valence electrons. The second-order valence-electron chi connectivity index (χ2n) is 7.22. The van der Waals surface area contributed by atoms with Gasteiger partial charge >= 0.3 is 0 Å². The number of aromatic nitrogens is 3. The zero-order chi connectivity index (χ0) is 19.7. The Balaban J connectivity index is 1.47. The molecule has 0 unspecified atom stereocenters. The smallest absolute Gasteiger partial charge is 0.276 e. The molecule has 1 fully saturated rings. The van der Waals surface area contributed by atoms with Gasteiger partial charge in [0.15, 0.2) is 11.5 Å². The summed E-state index contributed by atoms with van der Waals surface area (Å²) < 4.78 is 12.8. The molecule has 0 aliphatic heterocycles. The molecule has 1 saturated carbocycles. The summed E-state index contributed by atoms with van der Waals surface area (Å²) in [5, 5.41) is 8.44. The van der Waals surface area contributed by atoms with Gasteiger partial charge in [0.2, 0.25) is 0 Å². The Morgan fingerprint density at radius 3 is 2.68 bits per heavy atom. The molecule has 2 aromatic heterocycles. The first-order chi connectivity index (χ1) is 13.5. The molecule has 0 bridgehead atoms. The van der Waals surface area contributed by atoms with E-state index in [1.807, 2.05) is 60.8 Å². The summed E-state index contributed by atoms with van der Waals surface area (Å²) in [6.45, 7) is 4.78. The van der Waals surface area contributed by atoms with Gasteiger partial charge in [0.1, 0.15) is 12.4 Å². The highest BCUT2D eigenvalue weighted by Crippen LogP contribution is 2.31. The average molecular weight is 380 g/mol. The molecule has 0 saturated heterocycles. The summed E-state index contributed by atoms with van der Waals surface area (Å²) in [7, 11) is 1.92. The van der Waals surface area contributed by atoms with Gasteiger partial charge in [-0.2, -0.15) is 5.10 Å². The van der Waals surface area contributed by atoms with E-state index in [9.17, 15) is 4.79 Å². The van der Waals surface area contributed by atoms with E-state index in [0.717, 1.165) is 35.5 Å². The quantitative estimate of drug-likeness (QED) is 0.628. The van der Waals surface area contributed by atoms with Gasteiger partial charge in [0.05, 0.1) is 5.69 Å². The number of benzene rings is 1. The molecule has 1 aliphatic rings. The van der Waals surface area contributed by atoms with Crippen LogP contribution in [0.15, 0.2) is 40.9 Å². The van der Waals surface area contributed by atoms with E-state index in [0.29, 0.717) is 18.0 Å². The fourth-order valence-corrected chi connectivity index (χ4v) is 3.27. The van der Waals surface area contributed by atoms with E-state index in [-0.39, 0.29) is 18.6 Å². The van der Waals surface area contributed by atoms with Crippen LogP contribution in [-0.4, -0.2) is 31.8 Å². The number of nitrogens with zero attached hydrogens (tertiary/aromatic N) is 4. The monoisotopic (exact) mass is 380 g/mol. The predicted molar refractivity (Wildman–Crippen MR) is 103 cm³/mol. The van der Waals surface area contributed by atoms with Crippen molar-refractivity contribution in [2.75, 3.05) is 0 Å². The van der Waals surface area contributed by atoms with Crippen LogP contribution in [0.3, 0.4) is 0 Å². The Morgan fingerprint density at radius 2 is 2.04 bits per heavy atom. The van der Waals surface area contributed by atoms with Gasteiger partial charge in [0, 0.05) is 37.0 Å². The standard InChI is InChI=1S/C21H24N4O3/c1-14-19(15(2)24(3)22-14)12-25(16-9-10-16)21(26)20-11-18(28-23-20)13-27-17-7-5-4-6-8-17/h4-8,11,16H,9-10,12-13H2,1-3H3. The average Bonchev–Trinajstić information content (AvgIpc) is 3.37. The van der Waals surface area contributed by atoms with Crippen molar-refractivity contribution in [2.24, 2.45) is 7.05 Å². The van der Waals surface area contributed by atoms with Crippen LogP contribution in [0.5, 0.6) is 5.75 Å². The summed E-state index contributed by atoms with van der Waals surface area (Å²) in [5.74, 6) is 1.16. The maximum absolute atomic E-state index is 13.1. The van der Waals surface area contributed by atoms with E-state index in [1.165, 1.54) is 0 Å². The van der Waals surface area contributed by atoms with Crippen LogP contribution in [0.4, 0.5) is 0 Å². The molecule has 1 amide bonds. The van der Waals surface area contributed by atoms with Crippen LogP contribution in [0, 0.1) is 13.8 Å². The van der Waals surface area contributed by atoms with Gasteiger partial charge < -0.3 is 14.2 Å². The lowest BCUT2D eigenvalue weighted by Gasteiger charge is -2.21. The van der Waals surface area contributed by atoms with E-state index < -0.39 is 0 Å². The number of para-hydroxylation sites is 1. The van der Waals surface area contributed by atoms with Crippen molar-refractivity contribution in [3.8, 4) is 5.75 Å². The second kappa shape index (κ2) is 7.50. The van der Waals surface area contributed by atoms with E-state index >= 15 is 0 Å². The molecule has 0 radical (unpaired) electrons. The topological polar surface area (TPSA) is 73.4 Å². The van der Waals surface area contributed by atoms with Crippen molar-refractivity contribution >= 4 is 5.91 Å². The molecule has 1 aliphatic carbocycles. The molecule has 0 atom stereocenters. The van der Waals surface area contributed by atoms with Crippen LogP contribution >= 0.6 is 0 Å². The number of carbonyl (C=O) groups is 1. The Kier molecular flexibility index (Phi) is 4.90. The Bertz CT molecular complexity index is 973. The number of ether oxygens (including phenoxy) is 1. The highest BCUT2D eigenvalue weighted by Gasteiger charge is 2.35. The maximum atomic E-state index is 13.1. The minimum Gasteiger partial charge on any atom is -0.486 e. The number of hydrogen-bond donors (Lipinski definition) is 0. The minimum absolute atomic E-state index is 0.111. The number of rotatable bonds is 7. The summed E-state index contributed by atoms with van der Waals surface area (Å²) in [6, 6.07) is 11.4. The summed E-state index contributed by atoms with van der Waals surface area (Å²) >= 11 is 0. The van der Waals surface area contributed by atoms with Gasteiger partial charge in [-0.1, -0.05) is 23.4 Å². The Morgan fingerprint density at radius 1 is 1.29 bits per heavy atom. The van der Waals surface area contributed by atoms with Crippen LogP contribution in [0.2, 0.25) is 0 Å². The Hall–Kier alpha value is -3.09. The molecule has 7 heteroatoms. The molecule has 2 heterocycles. The van der Waals surface area contributed by atoms with Crippen molar-refractivity contribution in [1.82, 2.24) is 19.8 Å². The summed E-state index contributed by atoms with van der Waals surface area (Å²) in [4.78, 5) is 15.0. The van der Waals surface area contributed by atoms with Gasteiger partial charge in [-0.15, -0.1) is 0 Å². The zero-order valence-electron chi connectivity index (χ0n) is 16.4. The fourth-order valence-electron chi connectivity index (χ4n) is 3.27.